The molecule has 1 aromatic carbocycles. The van der Waals surface area contributed by atoms with E-state index in [9.17, 15) is 9.59 Å². The Balaban J connectivity index is 1.99. The average molecular weight is 319 g/mol. The number of carbonyl (C=O) groups is 2. The molecule has 0 saturated carbocycles. The van der Waals surface area contributed by atoms with E-state index in [1.54, 1.807) is 7.11 Å². The van der Waals surface area contributed by atoms with Crippen molar-refractivity contribution < 1.29 is 19.4 Å². The predicted molar refractivity (Wildman–Crippen MR) is 87.6 cm³/mol. The second-order valence-electron chi connectivity index (χ2n) is 6.22. The Morgan fingerprint density at radius 1 is 1.43 bits per heavy atom. The van der Waals surface area contributed by atoms with Crippen LogP contribution in [-0.2, 0) is 9.59 Å². The summed E-state index contributed by atoms with van der Waals surface area (Å²) in [5.41, 5.74) is 0.946. The Labute approximate surface area is 137 Å². The molecule has 1 N–H and O–H groups in total. The van der Waals surface area contributed by atoms with Gasteiger partial charge in [0, 0.05) is 19.5 Å². The third kappa shape index (κ3) is 4.71. The smallest absolute Gasteiger partial charge is 0.303 e. The molecule has 2 rings (SSSR count). The van der Waals surface area contributed by atoms with Gasteiger partial charge in [0.15, 0.2) is 0 Å². The first-order valence-electron chi connectivity index (χ1n) is 8.15. The van der Waals surface area contributed by atoms with E-state index in [1.807, 2.05) is 36.1 Å². The highest BCUT2D eigenvalue weighted by Gasteiger charge is 2.27. The zero-order valence-electron chi connectivity index (χ0n) is 13.8. The number of aliphatic carboxylic acids is 1. The lowest BCUT2D eigenvalue weighted by Crippen LogP contribution is -2.42. The number of amides is 1. The van der Waals surface area contributed by atoms with Crippen LogP contribution >= 0.6 is 0 Å². The van der Waals surface area contributed by atoms with Crippen LogP contribution in [0.3, 0.4) is 0 Å². The third-order valence-corrected chi connectivity index (χ3v) is 4.56. The maximum Gasteiger partial charge on any atom is 0.303 e. The van der Waals surface area contributed by atoms with E-state index in [1.165, 1.54) is 0 Å². The second-order valence-corrected chi connectivity index (χ2v) is 6.22. The fourth-order valence-corrected chi connectivity index (χ4v) is 3.16. The molecule has 2 atom stereocenters. The van der Waals surface area contributed by atoms with Crippen molar-refractivity contribution in [1.82, 2.24) is 4.90 Å². The summed E-state index contributed by atoms with van der Waals surface area (Å²) >= 11 is 0. The van der Waals surface area contributed by atoms with Gasteiger partial charge in [-0.05, 0) is 49.8 Å². The normalized spacial score (nSPS) is 19.2. The van der Waals surface area contributed by atoms with E-state index in [4.69, 9.17) is 9.84 Å². The van der Waals surface area contributed by atoms with Gasteiger partial charge in [0.2, 0.25) is 5.91 Å². The molecule has 0 aromatic heterocycles. The van der Waals surface area contributed by atoms with Crippen LogP contribution in [-0.4, -0.2) is 42.1 Å². The van der Waals surface area contributed by atoms with E-state index in [0.29, 0.717) is 18.9 Å². The fourth-order valence-electron chi connectivity index (χ4n) is 3.16. The van der Waals surface area contributed by atoms with Crippen molar-refractivity contribution in [2.75, 3.05) is 20.2 Å². The Hall–Kier alpha value is -2.04. The summed E-state index contributed by atoms with van der Waals surface area (Å²) in [5.74, 6) is 0.168. The minimum Gasteiger partial charge on any atom is -0.497 e. The topological polar surface area (TPSA) is 66.8 Å². The van der Waals surface area contributed by atoms with E-state index < -0.39 is 5.97 Å². The third-order valence-electron chi connectivity index (χ3n) is 4.56. The number of piperidine rings is 1. The van der Waals surface area contributed by atoms with Gasteiger partial charge in [0.05, 0.1) is 13.0 Å². The number of methoxy groups -OCH3 is 1. The molecule has 1 aromatic rings. The average Bonchev–Trinajstić information content (AvgIpc) is 2.59. The number of likely N-dealkylation sites (tertiary alicyclic amines) is 1. The van der Waals surface area contributed by atoms with Gasteiger partial charge in [0.1, 0.15) is 5.75 Å². The molecule has 1 heterocycles. The molecule has 2 unspecified atom stereocenters. The molecule has 0 bridgehead atoms. The molecule has 23 heavy (non-hydrogen) atoms. The van der Waals surface area contributed by atoms with Gasteiger partial charge >= 0.3 is 5.97 Å². The molecular formula is C18H25NO4. The van der Waals surface area contributed by atoms with Gasteiger partial charge in [0.25, 0.3) is 0 Å². The molecule has 126 valence electrons. The van der Waals surface area contributed by atoms with Crippen LogP contribution in [0.4, 0.5) is 0 Å². The van der Waals surface area contributed by atoms with Gasteiger partial charge in [-0.25, -0.2) is 0 Å². The van der Waals surface area contributed by atoms with Crippen molar-refractivity contribution in [2.24, 2.45) is 5.92 Å². The zero-order valence-corrected chi connectivity index (χ0v) is 13.8. The summed E-state index contributed by atoms with van der Waals surface area (Å²) in [6, 6.07) is 7.60. The standard InChI is InChI=1S/C18H25NO4/c1-13(15-6-3-7-16(11-15)23-2)18(22)19-10-4-5-14(12-19)8-9-17(20)21/h3,6-7,11,13-14H,4-5,8-10,12H2,1-2H3,(H,20,21). The number of hydrogen-bond acceptors (Lipinski definition) is 3. The molecule has 5 nitrogen and oxygen atoms in total. The predicted octanol–water partition coefficient (Wildman–Crippen LogP) is 2.90. The second kappa shape index (κ2) is 7.99. The summed E-state index contributed by atoms with van der Waals surface area (Å²) in [4.78, 5) is 25.4. The first-order chi connectivity index (χ1) is 11.0. The minimum atomic E-state index is -0.766. The molecule has 5 heteroatoms. The number of benzene rings is 1. The van der Waals surface area contributed by atoms with Crippen LogP contribution < -0.4 is 4.74 Å². The Bertz CT molecular complexity index is 558. The monoisotopic (exact) mass is 319 g/mol. The van der Waals surface area contributed by atoms with Gasteiger partial charge in [-0.1, -0.05) is 12.1 Å². The molecule has 0 radical (unpaired) electrons. The van der Waals surface area contributed by atoms with E-state index in [0.717, 1.165) is 30.7 Å². The highest BCUT2D eigenvalue weighted by atomic mass is 16.5. The number of carboxylic acid groups (broad SMARTS) is 1. The van der Waals surface area contributed by atoms with Gasteiger partial charge in [-0.2, -0.15) is 0 Å². The molecule has 1 aliphatic rings. The van der Waals surface area contributed by atoms with Crippen molar-refractivity contribution >= 4 is 11.9 Å². The van der Waals surface area contributed by atoms with Crippen LogP contribution in [0.2, 0.25) is 0 Å². The first-order valence-corrected chi connectivity index (χ1v) is 8.15. The van der Waals surface area contributed by atoms with Crippen LogP contribution in [0.1, 0.15) is 44.1 Å². The molecule has 1 fully saturated rings. The highest BCUT2D eigenvalue weighted by Crippen LogP contribution is 2.26. The maximum absolute atomic E-state index is 12.8. The van der Waals surface area contributed by atoms with Crippen molar-refractivity contribution in [3.05, 3.63) is 29.8 Å². The van der Waals surface area contributed by atoms with Crippen LogP contribution in [0, 0.1) is 5.92 Å². The van der Waals surface area contributed by atoms with Crippen LogP contribution in [0.5, 0.6) is 5.75 Å². The number of hydrogen-bond donors (Lipinski definition) is 1. The first kappa shape index (κ1) is 17.3. The summed E-state index contributed by atoms with van der Waals surface area (Å²) in [5, 5.41) is 8.81. The Morgan fingerprint density at radius 3 is 2.91 bits per heavy atom. The summed E-state index contributed by atoms with van der Waals surface area (Å²) in [6.45, 7) is 3.34. The molecule has 1 amide bonds. The molecule has 0 spiro atoms. The molecular weight excluding hydrogens is 294 g/mol. The van der Waals surface area contributed by atoms with Crippen molar-refractivity contribution in [2.45, 2.75) is 38.5 Å². The van der Waals surface area contributed by atoms with E-state index >= 15 is 0 Å². The minimum absolute atomic E-state index is 0.110. The van der Waals surface area contributed by atoms with Gasteiger partial charge in [-0.15, -0.1) is 0 Å². The summed E-state index contributed by atoms with van der Waals surface area (Å²) in [7, 11) is 1.61. The zero-order chi connectivity index (χ0) is 16.8. The number of ether oxygens (including phenoxy) is 1. The SMILES string of the molecule is COc1cccc(C(C)C(=O)N2CCCC(CCC(=O)O)C2)c1. The summed E-state index contributed by atoms with van der Waals surface area (Å²) < 4.78 is 5.22. The Morgan fingerprint density at radius 2 is 2.22 bits per heavy atom. The highest BCUT2D eigenvalue weighted by molar-refractivity contribution is 5.83. The maximum atomic E-state index is 12.8. The van der Waals surface area contributed by atoms with Crippen LogP contribution in [0.15, 0.2) is 24.3 Å². The van der Waals surface area contributed by atoms with E-state index in [2.05, 4.69) is 0 Å². The largest absolute Gasteiger partial charge is 0.497 e. The lowest BCUT2D eigenvalue weighted by molar-refractivity contribution is -0.137. The van der Waals surface area contributed by atoms with Gasteiger partial charge < -0.3 is 14.7 Å². The van der Waals surface area contributed by atoms with Crippen LogP contribution in [0.25, 0.3) is 0 Å². The number of carbonyl (C=O) groups excluding carboxylic acids is 1. The molecule has 0 aliphatic carbocycles. The van der Waals surface area contributed by atoms with Gasteiger partial charge in [-0.3, -0.25) is 9.59 Å². The lowest BCUT2D eigenvalue weighted by Gasteiger charge is -2.34. The van der Waals surface area contributed by atoms with Crippen molar-refractivity contribution in [3.63, 3.8) is 0 Å². The number of nitrogens with zero attached hydrogens (tertiary/aromatic N) is 1. The number of carboxylic acids is 1. The molecule has 1 aliphatic heterocycles. The quantitative estimate of drug-likeness (QED) is 0.875. The fraction of sp³-hybridized carbons (Fsp3) is 0.556. The number of rotatable bonds is 6. The van der Waals surface area contributed by atoms with Crippen molar-refractivity contribution in [1.29, 1.82) is 0 Å². The molecule has 1 saturated heterocycles. The Kier molecular flexibility index (Phi) is 6.02. The summed E-state index contributed by atoms with van der Waals surface area (Å²) in [6.07, 6.45) is 2.77. The lowest BCUT2D eigenvalue weighted by atomic mass is 9.91. The van der Waals surface area contributed by atoms with E-state index in [-0.39, 0.29) is 18.2 Å². The van der Waals surface area contributed by atoms with Crippen molar-refractivity contribution in [3.8, 4) is 5.75 Å².